The number of aromatic amines is 2. The first-order chi connectivity index (χ1) is 37.8. The molecule has 0 aliphatic carbocycles. The second kappa shape index (κ2) is 22.7. The first-order valence-electron chi connectivity index (χ1n) is 22.8. The quantitative estimate of drug-likeness (QED) is 0.0236. The number of nitrogen functional groups attached to an aromatic ring is 3. The zero-order chi connectivity index (χ0) is 58.9. The number of nitrogens with one attached hydrogen (secondary N) is 2. The van der Waals surface area contributed by atoms with E-state index in [1.165, 1.54) is 17.9 Å². The number of phosphoric acid groups is 4. The predicted octanol–water partition coefficient (Wildman–Crippen LogP) is -3.16. The smallest absolute Gasteiger partial charge is 0.522 e. The van der Waals surface area contributed by atoms with E-state index >= 15 is 0 Å². The van der Waals surface area contributed by atoms with E-state index in [9.17, 15) is 75.9 Å². The summed E-state index contributed by atoms with van der Waals surface area (Å²) in [7, 11) is -21.7. The molecule has 3 fully saturated rings. The van der Waals surface area contributed by atoms with Gasteiger partial charge in [0, 0.05) is 13.0 Å². The van der Waals surface area contributed by atoms with Gasteiger partial charge in [-0.2, -0.15) is 23.2 Å². The Morgan fingerprint density at radius 2 is 1.28 bits per heavy atom. The van der Waals surface area contributed by atoms with Crippen molar-refractivity contribution in [3.63, 3.8) is 0 Å². The molecule has 0 aromatic carbocycles. The molecule has 9 rings (SSSR count). The minimum absolute atomic E-state index is 0.00334. The summed E-state index contributed by atoms with van der Waals surface area (Å²) in [5.74, 6) is -2.32. The maximum absolute atomic E-state index is 13.6. The number of methoxy groups -OCH3 is 1. The summed E-state index contributed by atoms with van der Waals surface area (Å²) in [4.78, 5) is 98.6. The van der Waals surface area contributed by atoms with Crippen molar-refractivity contribution in [2.75, 3.05) is 50.7 Å². The highest BCUT2D eigenvalue weighted by Gasteiger charge is 2.53. The Kier molecular flexibility index (Phi) is 16.9. The topological polar surface area (TPSA) is 554 Å². The van der Waals surface area contributed by atoms with Gasteiger partial charge in [-0.3, -0.25) is 47.0 Å². The number of aromatic nitrogens is 12. The zero-order valence-electron chi connectivity index (χ0n) is 40.9. The van der Waals surface area contributed by atoms with Crippen LogP contribution in [0.2, 0.25) is 0 Å². The number of phosphoric ester groups is 3. The molecular weight excluding hydrogens is 1200 g/mol. The summed E-state index contributed by atoms with van der Waals surface area (Å²) in [6.45, 7) is -4.77. The SMILES string of the molecule is CO[C@@H]1[C@H](OP(=O)([O-])OC[C@H]2O[C@@H](n3cnc4c(=O)[nH]c(N)nc43)[C@H](O)[C@@H]2O)[C@@H](COP(=O)(O)OP(=O)(O)OP(=O)(O)OC[C@H]2O[C@@H](n3c[n+](C)c4c(=O)[nH]c(N)nc43)[C@H](O)[C@@H]2CCOC(F)(F)F)O[C@H]1n1cnc2c(N)ncnc21. The summed E-state index contributed by atoms with van der Waals surface area (Å²) in [6.07, 6.45) is -20.6. The minimum Gasteiger partial charge on any atom is -0.756 e. The number of hydrogen-bond donors (Lipinski definition) is 11. The molecule has 16 atom stereocenters. The Hall–Kier alpha value is -5.36. The molecule has 14 N–H and O–H groups in total. The van der Waals surface area contributed by atoms with E-state index in [1.54, 1.807) is 0 Å². The monoisotopic (exact) mass is 1240 g/mol. The van der Waals surface area contributed by atoms with Crippen LogP contribution in [0.15, 0.2) is 34.9 Å². The molecule has 3 aliphatic rings. The van der Waals surface area contributed by atoms with Crippen LogP contribution >= 0.6 is 31.3 Å². The van der Waals surface area contributed by atoms with Crippen molar-refractivity contribution < 1.29 is 121 Å². The number of imidazole rings is 3. The Bertz CT molecular complexity index is 3650. The van der Waals surface area contributed by atoms with Crippen LogP contribution in [0.3, 0.4) is 0 Å². The maximum Gasteiger partial charge on any atom is 0.522 e. The van der Waals surface area contributed by atoms with E-state index in [4.69, 9.17) is 54.2 Å². The second-order valence-electron chi connectivity index (χ2n) is 17.7. The fourth-order valence-corrected chi connectivity index (χ4v) is 13.5. The van der Waals surface area contributed by atoms with Gasteiger partial charge in [-0.25, -0.2) is 38.2 Å². The maximum atomic E-state index is 13.6. The summed E-state index contributed by atoms with van der Waals surface area (Å²) in [5.41, 5.74) is 15.0. The minimum atomic E-state index is -6.33. The van der Waals surface area contributed by atoms with E-state index in [1.807, 2.05) is 0 Å². The number of aliphatic hydroxyl groups is 3. The number of H-pyrrole nitrogens is 2. The third-order valence-corrected chi connectivity index (χ3v) is 17.7. The number of anilines is 3. The van der Waals surface area contributed by atoms with Crippen LogP contribution in [-0.2, 0) is 75.7 Å². The average Bonchev–Trinajstić information content (AvgIpc) is 3.33. The van der Waals surface area contributed by atoms with Crippen LogP contribution < -0.4 is 37.8 Å². The highest BCUT2D eigenvalue weighted by molar-refractivity contribution is 7.66. The molecule has 0 spiro atoms. The normalized spacial score (nSPS) is 29.3. The predicted molar refractivity (Wildman–Crippen MR) is 251 cm³/mol. The Morgan fingerprint density at radius 1 is 0.716 bits per heavy atom. The van der Waals surface area contributed by atoms with E-state index in [0.29, 0.717) is 0 Å². The number of alkyl halides is 3. The van der Waals surface area contributed by atoms with Crippen LogP contribution in [0.25, 0.3) is 33.5 Å². The summed E-state index contributed by atoms with van der Waals surface area (Å²) in [5, 5.41) is 33.0. The van der Waals surface area contributed by atoms with Crippen molar-refractivity contribution >= 4 is 82.5 Å². The fraction of sp³-hybridized carbons (Fsp3) is 0.571. The highest BCUT2D eigenvalue weighted by Crippen LogP contribution is 2.68. The molecule has 6 aromatic rings. The van der Waals surface area contributed by atoms with Gasteiger partial charge in [0.05, 0.1) is 52.2 Å². The molecular formula is C35H46F3N15O24P4. The van der Waals surface area contributed by atoms with Crippen molar-refractivity contribution in [3.05, 3.63) is 46.0 Å². The summed E-state index contributed by atoms with van der Waals surface area (Å²) >= 11 is 0. The number of fused-ring (bicyclic) bond motifs is 3. The second-order valence-corrected chi connectivity index (χ2v) is 23.7. The molecule has 6 aromatic heterocycles. The highest BCUT2D eigenvalue weighted by atomic mass is 31.3. The molecule has 46 heteroatoms. The van der Waals surface area contributed by atoms with Crippen LogP contribution in [0.4, 0.5) is 30.9 Å². The number of nitrogens with zero attached hydrogens (tertiary/aromatic N) is 10. The van der Waals surface area contributed by atoms with Crippen LogP contribution in [0, 0.1) is 5.92 Å². The van der Waals surface area contributed by atoms with Crippen LogP contribution in [0.1, 0.15) is 25.1 Å². The molecule has 3 aliphatic heterocycles. The Balaban J connectivity index is 0.876. The van der Waals surface area contributed by atoms with Gasteiger partial charge < -0.3 is 80.1 Å². The lowest BCUT2D eigenvalue weighted by molar-refractivity contribution is -0.646. The van der Waals surface area contributed by atoms with Crippen LogP contribution in [-0.4, -0.2) is 172 Å². The van der Waals surface area contributed by atoms with Gasteiger partial charge in [-0.1, -0.05) is 0 Å². The molecule has 81 heavy (non-hydrogen) atoms. The van der Waals surface area contributed by atoms with Gasteiger partial charge in [0.25, 0.3) is 24.5 Å². The van der Waals surface area contributed by atoms with Crippen molar-refractivity contribution in [1.82, 2.24) is 53.6 Å². The van der Waals surface area contributed by atoms with Gasteiger partial charge in [0.1, 0.15) is 54.6 Å². The Morgan fingerprint density at radius 3 is 1.94 bits per heavy atom. The van der Waals surface area contributed by atoms with E-state index in [2.05, 4.69) is 53.2 Å². The number of nitrogens with two attached hydrogens (primary N) is 3. The number of aliphatic hydroxyl groups excluding tert-OH is 3. The van der Waals surface area contributed by atoms with Gasteiger partial charge in [0.15, 0.2) is 35.1 Å². The number of ether oxygens (including phenoxy) is 5. The van der Waals surface area contributed by atoms with Crippen molar-refractivity contribution in [3.8, 4) is 0 Å². The van der Waals surface area contributed by atoms with E-state index < -0.39 is 155 Å². The average molecular weight is 1240 g/mol. The molecule has 0 radical (unpaired) electrons. The van der Waals surface area contributed by atoms with Crippen molar-refractivity contribution in [2.45, 2.75) is 80.3 Å². The lowest BCUT2D eigenvalue weighted by atomic mass is 9.95. The summed E-state index contributed by atoms with van der Waals surface area (Å²) < 4.78 is 152. The molecule has 0 bridgehead atoms. The number of aryl methyl sites for hydroxylation is 1. The standard InChI is InChI=1S/C35H46F3N15O24P4/c1-50-11-53(27-18(50)29(58)49-34(41)47-27)30-19(54)12(3-4-68-35(36,37)38)13(72-30)5-70-79(61,62)76-81(65,66)77-80(63,64)71-7-15-22(23(67-2)32(74-15)51-9-44-16-24(39)42-8-43-25(16)51)75-78(59,60)69-6-14-20(55)21(56)31(73-14)52-10-45-17-26(52)46-33(40)48-28(17)57/h8-15,19-23,30-32,54-56H,3-7H2,1-2H3,(H11-,39,40,41,42,43,46,47,48,49,57,58,59,60,61,62,63,64,65,66)/t12-,13-,14-,15-,19-,20-,21-,22-,23-,30-,31-,32-/m1/s1. The number of hydrogen-bond acceptors (Lipinski definition) is 30. The first-order valence-corrected chi connectivity index (χ1v) is 28.8. The third-order valence-electron chi connectivity index (χ3n) is 12.4. The van der Waals surface area contributed by atoms with E-state index in [0.717, 1.165) is 39.8 Å². The Labute approximate surface area is 446 Å². The van der Waals surface area contributed by atoms with Gasteiger partial charge in [-0.15, -0.1) is 13.2 Å². The largest absolute Gasteiger partial charge is 0.756 e. The molecule has 0 saturated carbocycles. The van der Waals surface area contributed by atoms with Crippen LogP contribution in [0.5, 0.6) is 0 Å². The third kappa shape index (κ3) is 12.9. The molecule has 9 heterocycles. The van der Waals surface area contributed by atoms with Gasteiger partial charge in [0.2, 0.25) is 24.5 Å². The van der Waals surface area contributed by atoms with Gasteiger partial charge >= 0.3 is 35.4 Å². The van der Waals surface area contributed by atoms with E-state index in [-0.39, 0.29) is 51.2 Å². The molecule has 4 unspecified atom stereocenters. The molecule has 39 nitrogen and oxygen atoms in total. The first kappa shape index (κ1) is 60.2. The van der Waals surface area contributed by atoms with Crippen molar-refractivity contribution in [1.29, 1.82) is 0 Å². The lowest BCUT2D eigenvalue weighted by Crippen LogP contribution is -2.39. The summed E-state index contributed by atoms with van der Waals surface area (Å²) in [6, 6.07) is 0. The number of halogens is 3. The molecule has 3 saturated heterocycles. The lowest BCUT2D eigenvalue weighted by Gasteiger charge is -2.31. The molecule has 0 amide bonds. The van der Waals surface area contributed by atoms with Gasteiger partial charge in [-0.05, 0) is 6.42 Å². The fourth-order valence-electron chi connectivity index (χ4n) is 9.04. The molecule has 446 valence electrons. The number of rotatable bonds is 22. The van der Waals surface area contributed by atoms with Crippen molar-refractivity contribution in [2.24, 2.45) is 13.0 Å². The zero-order valence-corrected chi connectivity index (χ0v) is 44.5.